The summed E-state index contributed by atoms with van der Waals surface area (Å²) in [5, 5.41) is 0.749. The Morgan fingerprint density at radius 1 is 1.07 bits per heavy atom. The number of hydrogen-bond acceptors (Lipinski definition) is 6. The fourth-order valence-corrected chi connectivity index (χ4v) is 5.58. The quantitative estimate of drug-likeness (QED) is 0.605. The highest BCUT2D eigenvalue weighted by Gasteiger charge is 2.29. The van der Waals surface area contributed by atoms with Gasteiger partial charge in [0.05, 0.1) is 30.3 Å². The molecule has 1 aliphatic heterocycles. The van der Waals surface area contributed by atoms with Gasteiger partial charge in [0.25, 0.3) is 0 Å². The zero-order chi connectivity index (χ0) is 21.3. The van der Waals surface area contributed by atoms with Gasteiger partial charge in [0.2, 0.25) is 9.84 Å². The van der Waals surface area contributed by atoms with Crippen molar-refractivity contribution in [1.82, 2.24) is 4.98 Å². The molecular formula is C23H26N2O4S. The number of fused-ring (bicyclic) bond motifs is 1. The molecule has 0 amide bonds. The fourth-order valence-electron chi connectivity index (χ4n) is 4.13. The summed E-state index contributed by atoms with van der Waals surface area (Å²) in [6, 6.07) is 12.1. The second-order valence-electron chi connectivity index (χ2n) is 7.71. The van der Waals surface area contributed by atoms with E-state index in [-0.39, 0.29) is 9.79 Å². The number of aromatic nitrogens is 1. The van der Waals surface area contributed by atoms with Gasteiger partial charge in [0.15, 0.2) is 11.5 Å². The highest BCUT2D eigenvalue weighted by atomic mass is 32.2. The molecule has 158 valence electrons. The summed E-state index contributed by atoms with van der Waals surface area (Å²) >= 11 is 0. The predicted octanol–water partition coefficient (Wildman–Crippen LogP) is 4.32. The number of piperidine rings is 1. The minimum absolute atomic E-state index is 0.225. The lowest BCUT2D eigenvalue weighted by Gasteiger charge is -2.34. The van der Waals surface area contributed by atoms with Crippen LogP contribution in [-0.2, 0) is 9.84 Å². The van der Waals surface area contributed by atoms with E-state index in [9.17, 15) is 8.42 Å². The number of benzene rings is 2. The van der Waals surface area contributed by atoms with E-state index in [1.807, 2.05) is 12.1 Å². The van der Waals surface area contributed by atoms with Crippen molar-refractivity contribution in [2.45, 2.75) is 29.6 Å². The number of nitrogens with zero attached hydrogens (tertiary/aromatic N) is 2. The first-order valence-corrected chi connectivity index (χ1v) is 11.5. The van der Waals surface area contributed by atoms with Crippen LogP contribution in [0.1, 0.15) is 19.8 Å². The lowest BCUT2D eigenvalue weighted by Crippen LogP contribution is -2.35. The summed E-state index contributed by atoms with van der Waals surface area (Å²) in [5.74, 6) is 1.59. The van der Waals surface area contributed by atoms with Crippen LogP contribution >= 0.6 is 0 Å². The Hall–Kier alpha value is -2.80. The Morgan fingerprint density at radius 2 is 1.77 bits per heavy atom. The first-order chi connectivity index (χ1) is 14.5. The van der Waals surface area contributed by atoms with Crippen LogP contribution in [0, 0.1) is 5.92 Å². The Labute approximate surface area is 177 Å². The van der Waals surface area contributed by atoms with E-state index in [4.69, 9.17) is 9.47 Å². The molecule has 1 saturated heterocycles. The Morgan fingerprint density at radius 3 is 2.43 bits per heavy atom. The van der Waals surface area contributed by atoms with Crippen molar-refractivity contribution in [2.75, 3.05) is 32.2 Å². The Balaban J connectivity index is 2.01. The van der Waals surface area contributed by atoms with Crippen LogP contribution in [0.15, 0.2) is 58.5 Å². The normalized spacial score (nSPS) is 17.2. The van der Waals surface area contributed by atoms with Gasteiger partial charge in [-0.15, -0.1) is 0 Å². The summed E-state index contributed by atoms with van der Waals surface area (Å²) in [7, 11) is -0.591. The lowest BCUT2D eigenvalue weighted by atomic mass is 9.99. The molecular weight excluding hydrogens is 400 g/mol. The van der Waals surface area contributed by atoms with Gasteiger partial charge in [0, 0.05) is 30.7 Å². The van der Waals surface area contributed by atoms with Crippen LogP contribution < -0.4 is 14.4 Å². The third kappa shape index (κ3) is 3.58. The molecule has 7 heteroatoms. The van der Waals surface area contributed by atoms with Crippen LogP contribution in [0.3, 0.4) is 0 Å². The molecule has 1 aromatic heterocycles. The van der Waals surface area contributed by atoms with Crippen molar-refractivity contribution in [2.24, 2.45) is 5.92 Å². The van der Waals surface area contributed by atoms with Crippen molar-refractivity contribution in [1.29, 1.82) is 0 Å². The topological polar surface area (TPSA) is 68.7 Å². The van der Waals surface area contributed by atoms with E-state index < -0.39 is 9.84 Å². The van der Waals surface area contributed by atoms with Crippen LogP contribution in [0.5, 0.6) is 11.5 Å². The molecule has 0 unspecified atom stereocenters. The average molecular weight is 427 g/mol. The van der Waals surface area contributed by atoms with E-state index in [1.54, 1.807) is 44.6 Å². The molecule has 0 bridgehead atoms. The second-order valence-corrected chi connectivity index (χ2v) is 9.62. The Kier molecular flexibility index (Phi) is 5.56. The minimum atomic E-state index is -3.74. The van der Waals surface area contributed by atoms with E-state index in [1.165, 1.54) is 6.20 Å². The maximum Gasteiger partial charge on any atom is 0.210 e. The highest BCUT2D eigenvalue weighted by molar-refractivity contribution is 7.91. The van der Waals surface area contributed by atoms with Gasteiger partial charge in [-0.2, -0.15) is 0 Å². The molecule has 0 saturated carbocycles. The monoisotopic (exact) mass is 426 g/mol. The number of pyridine rings is 1. The number of rotatable bonds is 5. The molecule has 1 atom stereocenters. The summed E-state index contributed by atoms with van der Waals surface area (Å²) in [6.07, 6.45) is 3.63. The van der Waals surface area contributed by atoms with Crippen molar-refractivity contribution in [3.05, 3.63) is 48.7 Å². The van der Waals surface area contributed by atoms with Crippen LogP contribution in [-0.4, -0.2) is 40.7 Å². The van der Waals surface area contributed by atoms with E-state index in [0.717, 1.165) is 31.3 Å². The summed E-state index contributed by atoms with van der Waals surface area (Å²) < 4.78 is 38.1. The van der Waals surface area contributed by atoms with Gasteiger partial charge < -0.3 is 14.4 Å². The molecule has 0 aliphatic carbocycles. The summed E-state index contributed by atoms with van der Waals surface area (Å²) in [4.78, 5) is 7.16. The number of ether oxygens (including phenoxy) is 2. The predicted molar refractivity (Wildman–Crippen MR) is 117 cm³/mol. The standard InChI is InChI=1S/C23H26N2O4S/c1-16-8-7-11-25(15-16)23-18-12-20(28-2)21(29-3)13-19(18)24-14-22(23)30(26,27)17-9-5-4-6-10-17/h4-6,9-10,12-14,16H,7-8,11,15H2,1-3H3/t16-/m1/s1. The fraction of sp³-hybridized carbons (Fsp3) is 0.348. The summed E-state index contributed by atoms with van der Waals surface area (Å²) in [6.45, 7) is 3.80. The first-order valence-electron chi connectivity index (χ1n) is 10.1. The Bertz CT molecular complexity index is 1160. The highest BCUT2D eigenvalue weighted by Crippen LogP contribution is 2.41. The number of sulfone groups is 1. The van der Waals surface area contributed by atoms with Crippen LogP contribution in [0.4, 0.5) is 5.69 Å². The maximum absolute atomic E-state index is 13.6. The molecule has 0 radical (unpaired) electrons. The van der Waals surface area contributed by atoms with Gasteiger partial charge in [-0.3, -0.25) is 4.98 Å². The smallest absolute Gasteiger partial charge is 0.210 e. The third-order valence-electron chi connectivity index (χ3n) is 5.63. The second kappa shape index (κ2) is 8.14. The van der Waals surface area contributed by atoms with Crippen LogP contribution in [0.25, 0.3) is 10.9 Å². The molecule has 3 aromatic rings. The van der Waals surface area contributed by atoms with Crippen molar-refractivity contribution in [3.8, 4) is 11.5 Å². The third-order valence-corrected chi connectivity index (χ3v) is 7.40. The molecule has 1 aliphatic rings. The van der Waals surface area contributed by atoms with Gasteiger partial charge >= 0.3 is 0 Å². The largest absolute Gasteiger partial charge is 0.493 e. The van der Waals surface area contributed by atoms with E-state index >= 15 is 0 Å². The molecule has 30 heavy (non-hydrogen) atoms. The van der Waals surface area contributed by atoms with Gasteiger partial charge in [-0.25, -0.2) is 8.42 Å². The average Bonchev–Trinajstić information content (AvgIpc) is 2.77. The molecule has 0 N–H and O–H groups in total. The van der Waals surface area contributed by atoms with Gasteiger partial charge in [0.1, 0.15) is 4.90 Å². The van der Waals surface area contributed by atoms with Crippen molar-refractivity contribution >= 4 is 26.4 Å². The van der Waals surface area contributed by atoms with Crippen molar-refractivity contribution < 1.29 is 17.9 Å². The number of methoxy groups -OCH3 is 2. The molecule has 2 heterocycles. The van der Waals surface area contributed by atoms with E-state index in [0.29, 0.717) is 28.6 Å². The molecule has 0 spiro atoms. The molecule has 4 rings (SSSR count). The van der Waals surface area contributed by atoms with Gasteiger partial charge in [-0.1, -0.05) is 25.1 Å². The SMILES string of the molecule is COc1cc2ncc(S(=O)(=O)c3ccccc3)c(N3CCC[C@@H](C)C3)c2cc1OC. The van der Waals surface area contributed by atoms with Gasteiger partial charge in [-0.05, 0) is 37.0 Å². The number of anilines is 1. The minimum Gasteiger partial charge on any atom is -0.493 e. The molecule has 1 fully saturated rings. The first kappa shape index (κ1) is 20.5. The van der Waals surface area contributed by atoms with Crippen molar-refractivity contribution in [3.63, 3.8) is 0 Å². The molecule has 6 nitrogen and oxygen atoms in total. The van der Waals surface area contributed by atoms with Crippen LogP contribution in [0.2, 0.25) is 0 Å². The van der Waals surface area contributed by atoms with E-state index in [2.05, 4.69) is 16.8 Å². The number of hydrogen-bond donors (Lipinski definition) is 0. The maximum atomic E-state index is 13.6. The summed E-state index contributed by atoms with van der Waals surface area (Å²) in [5.41, 5.74) is 1.37. The zero-order valence-electron chi connectivity index (χ0n) is 17.5. The molecule has 2 aromatic carbocycles. The zero-order valence-corrected chi connectivity index (χ0v) is 18.3. The lowest BCUT2D eigenvalue weighted by molar-refractivity contribution is 0.355.